The number of carbonyl (C=O) groups is 2. The molecule has 2 fully saturated rings. The molecule has 1 amide bonds. The van der Waals surface area contributed by atoms with E-state index in [0.29, 0.717) is 6.54 Å². The third kappa shape index (κ3) is 2.20. The highest BCUT2D eigenvalue weighted by Crippen LogP contribution is 2.55. The van der Waals surface area contributed by atoms with E-state index in [0.717, 1.165) is 0 Å². The van der Waals surface area contributed by atoms with Gasteiger partial charge in [-0.2, -0.15) is 0 Å². The van der Waals surface area contributed by atoms with E-state index in [2.05, 4.69) is 0 Å². The molecular weight excluding hydrogens is 289 g/mol. The number of fused-ring (bicyclic) bond motifs is 5. The normalized spacial score (nSPS) is 39.0. The molecule has 22 heavy (non-hydrogen) atoms. The lowest BCUT2D eigenvalue weighted by molar-refractivity contribution is -0.147. The van der Waals surface area contributed by atoms with Crippen molar-refractivity contribution in [1.82, 2.24) is 4.90 Å². The van der Waals surface area contributed by atoms with Crippen LogP contribution in [-0.4, -0.2) is 48.4 Å². The summed E-state index contributed by atoms with van der Waals surface area (Å²) in [4.78, 5) is 26.0. The van der Waals surface area contributed by atoms with E-state index in [1.807, 2.05) is 12.2 Å². The van der Waals surface area contributed by atoms with Gasteiger partial charge < -0.3 is 9.47 Å². The van der Waals surface area contributed by atoms with Crippen molar-refractivity contribution < 1.29 is 23.5 Å². The van der Waals surface area contributed by atoms with Crippen LogP contribution in [-0.2, 0) is 14.3 Å². The Morgan fingerprint density at radius 2 is 1.86 bits per heavy atom. The van der Waals surface area contributed by atoms with Gasteiger partial charge in [-0.15, -0.1) is 0 Å². The average Bonchev–Trinajstić information content (AvgIpc) is 3.04. The van der Waals surface area contributed by atoms with Gasteiger partial charge in [-0.3, -0.25) is 4.90 Å². The standard InChI is InChI=1S/C16H22FNO4/c1-16(2,3)22-15(20)18-7-10-8-5-6-9(12(8)17)11(10)13(18)14(19)21-4/h5-6,8-13H,7H2,1-4H3/t8-,9+,10+,11-,12+,13-/m0/s1. The number of carbonyl (C=O) groups excluding carboxylic acids is 2. The lowest BCUT2D eigenvalue weighted by Gasteiger charge is -2.30. The first-order valence-electron chi connectivity index (χ1n) is 7.64. The SMILES string of the molecule is COC(=O)[C@@H]1[C@H]2[C@H]3C=C[C@H]([C@H]3F)[C@H]2CN1C(=O)OC(C)(C)C. The molecule has 6 heteroatoms. The number of likely N-dealkylation sites (tertiary alicyclic amines) is 1. The number of esters is 1. The highest BCUT2D eigenvalue weighted by atomic mass is 19.1. The first-order valence-corrected chi connectivity index (χ1v) is 7.64. The smallest absolute Gasteiger partial charge is 0.411 e. The molecule has 3 aliphatic rings. The molecule has 0 spiro atoms. The summed E-state index contributed by atoms with van der Waals surface area (Å²) in [6.07, 6.45) is 2.23. The van der Waals surface area contributed by atoms with Crippen LogP contribution < -0.4 is 0 Å². The van der Waals surface area contributed by atoms with Gasteiger partial charge in [-0.1, -0.05) is 12.2 Å². The van der Waals surface area contributed by atoms with Gasteiger partial charge in [0.15, 0.2) is 0 Å². The second-order valence-corrected chi connectivity index (χ2v) is 7.33. The zero-order chi connectivity index (χ0) is 16.2. The fraction of sp³-hybridized carbons (Fsp3) is 0.750. The third-order valence-corrected chi connectivity index (χ3v) is 4.90. The highest BCUT2D eigenvalue weighted by molar-refractivity contribution is 5.83. The summed E-state index contributed by atoms with van der Waals surface area (Å²) in [5, 5.41) is 0. The van der Waals surface area contributed by atoms with E-state index >= 15 is 0 Å². The number of nitrogens with zero attached hydrogens (tertiary/aromatic N) is 1. The number of allylic oxidation sites excluding steroid dienone is 2. The molecule has 0 aromatic carbocycles. The summed E-state index contributed by atoms with van der Waals surface area (Å²) < 4.78 is 24.5. The number of hydrogen-bond donors (Lipinski definition) is 0. The number of halogens is 1. The van der Waals surface area contributed by atoms with Crippen molar-refractivity contribution in [2.24, 2.45) is 23.7 Å². The van der Waals surface area contributed by atoms with Crippen LogP contribution in [0.5, 0.6) is 0 Å². The first kappa shape index (κ1) is 15.3. The number of ether oxygens (including phenoxy) is 2. The summed E-state index contributed by atoms with van der Waals surface area (Å²) in [6, 6.07) is -0.761. The Hall–Kier alpha value is -1.59. The minimum atomic E-state index is -0.956. The molecule has 2 bridgehead atoms. The van der Waals surface area contributed by atoms with Gasteiger partial charge in [-0.05, 0) is 26.7 Å². The van der Waals surface area contributed by atoms with Gasteiger partial charge in [0.25, 0.3) is 0 Å². The van der Waals surface area contributed by atoms with E-state index in [1.165, 1.54) is 12.0 Å². The minimum Gasteiger partial charge on any atom is -0.467 e. The maximum atomic E-state index is 14.3. The second-order valence-electron chi connectivity index (χ2n) is 7.33. The largest absolute Gasteiger partial charge is 0.467 e. The van der Waals surface area contributed by atoms with Crippen molar-refractivity contribution in [1.29, 1.82) is 0 Å². The zero-order valence-corrected chi connectivity index (χ0v) is 13.3. The number of amides is 1. The van der Waals surface area contributed by atoms with E-state index in [-0.39, 0.29) is 23.7 Å². The Balaban J connectivity index is 1.87. The van der Waals surface area contributed by atoms with Crippen LogP contribution in [0.2, 0.25) is 0 Å². The van der Waals surface area contributed by atoms with E-state index in [4.69, 9.17) is 9.47 Å². The van der Waals surface area contributed by atoms with Crippen molar-refractivity contribution in [3.63, 3.8) is 0 Å². The van der Waals surface area contributed by atoms with Crippen molar-refractivity contribution in [2.45, 2.75) is 38.6 Å². The van der Waals surface area contributed by atoms with Crippen molar-refractivity contribution in [2.75, 3.05) is 13.7 Å². The maximum absolute atomic E-state index is 14.3. The van der Waals surface area contributed by atoms with Crippen LogP contribution >= 0.6 is 0 Å². The minimum absolute atomic E-state index is 0.0402. The molecule has 122 valence electrons. The van der Waals surface area contributed by atoms with Crippen molar-refractivity contribution in [3.05, 3.63) is 12.2 Å². The molecule has 0 aromatic rings. The lowest BCUT2D eigenvalue weighted by Crippen LogP contribution is -2.47. The van der Waals surface area contributed by atoms with Gasteiger partial charge in [0, 0.05) is 24.3 Å². The fourth-order valence-corrected chi connectivity index (χ4v) is 4.14. The molecule has 0 N–H and O–H groups in total. The van der Waals surface area contributed by atoms with Crippen LogP contribution in [0.25, 0.3) is 0 Å². The van der Waals surface area contributed by atoms with E-state index in [1.54, 1.807) is 20.8 Å². The predicted octanol–water partition coefficient (Wildman–Crippen LogP) is 2.17. The highest BCUT2D eigenvalue weighted by Gasteiger charge is 2.63. The third-order valence-electron chi connectivity index (χ3n) is 4.90. The maximum Gasteiger partial charge on any atom is 0.411 e. The molecule has 1 saturated heterocycles. The van der Waals surface area contributed by atoms with E-state index < -0.39 is 29.9 Å². The summed E-state index contributed by atoms with van der Waals surface area (Å²) in [5.74, 6) is -1.28. The second kappa shape index (κ2) is 4.96. The Kier molecular flexibility index (Phi) is 3.45. The summed E-state index contributed by atoms with van der Waals surface area (Å²) in [6.45, 7) is 5.67. The molecule has 1 heterocycles. The molecule has 6 atom stereocenters. The molecule has 1 aliphatic heterocycles. The van der Waals surface area contributed by atoms with Gasteiger partial charge in [0.2, 0.25) is 0 Å². The predicted molar refractivity (Wildman–Crippen MR) is 76.7 cm³/mol. The quantitative estimate of drug-likeness (QED) is 0.550. The molecule has 0 unspecified atom stereocenters. The lowest BCUT2D eigenvalue weighted by atomic mass is 9.82. The molecular formula is C16H22FNO4. The van der Waals surface area contributed by atoms with Crippen LogP contribution in [0.4, 0.5) is 9.18 Å². The Bertz CT molecular complexity index is 527. The van der Waals surface area contributed by atoms with E-state index in [9.17, 15) is 14.0 Å². The number of alkyl halides is 1. The molecule has 5 nitrogen and oxygen atoms in total. The van der Waals surface area contributed by atoms with Gasteiger partial charge >= 0.3 is 12.1 Å². The number of rotatable bonds is 1. The summed E-state index contributed by atoms with van der Waals surface area (Å²) in [5.41, 5.74) is -0.644. The molecule has 1 saturated carbocycles. The Labute approximate surface area is 129 Å². The summed E-state index contributed by atoms with van der Waals surface area (Å²) in [7, 11) is 1.29. The fourth-order valence-electron chi connectivity index (χ4n) is 4.14. The van der Waals surface area contributed by atoms with Gasteiger partial charge in [0.1, 0.15) is 17.8 Å². The van der Waals surface area contributed by atoms with Gasteiger partial charge in [-0.25, -0.2) is 14.0 Å². The van der Waals surface area contributed by atoms with Crippen LogP contribution in [0.1, 0.15) is 20.8 Å². The van der Waals surface area contributed by atoms with Crippen molar-refractivity contribution in [3.8, 4) is 0 Å². The van der Waals surface area contributed by atoms with Crippen LogP contribution in [0.3, 0.4) is 0 Å². The average molecular weight is 311 g/mol. The molecule has 0 radical (unpaired) electrons. The van der Waals surface area contributed by atoms with Crippen molar-refractivity contribution >= 4 is 12.1 Å². The Morgan fingerprint density at radius 3 is 2.45 bits per heavy atom. The molecule has 2 aliphatic carbocycles. The first-order chi connectivity index (χ1) is 10.2. The zero-order valence-electron chi connectivity index (χ0n) is 13.3. The monoisotopic (exact) mass is 311 g/mol. The summed E-state index contributed by atoms with van der Waals surface area (Å²) >= 11 is 0. The Morgan fingerprint density at radius 1 is 1.23 bits per heavy atom. The number of methoxy groups -OCH3 is 1. The van der Waals surface area contributed by atoms with Crippen LogP contribution in [0, 0.1) is 23.7 Å². The van der Waals surface area contributed by atoms with Gasteiger partial charge in [0.05, 0.1) is 7.11 Å². The topological polar surface area (TPSA) is 55.8 Å². The molecule has 3 rings (SSSR count). The van der Waals surface area contributed by atoms with Crippen LogP contribution in [0.15, 0.2) is 12.2 Å². The number of hydrogen-bond acceptors (Lipinski definition) is 4. The molecule has 0 aromatic heterocycles.